The Kier molecular flexibility index (Phi) is 8.51. The summed E-state index contributed by atoms with van der Waals surface area (Å²) in [5.74, 6) is 0.548. The monoisotopic (exact) mass is 564 g/mol. The highest BCUT2D eigenvalue weighted by atomic mass is 35.5. The Morgan fingerprint density at radius 3 is 2.69 bits per heavy atom. The van der Waals surface area contributed by atoms with Crippen molar-refractivity contribution < 1.29 is 22.3 Å². The van der Waals surface area contributed by atoms with Gasteiger partial charge in [-0.25, -0.2) is 28.4 Å². The van der Waals surface area contributed by atoms with Crippen LogP contribution < -0.4 is 20.7 Å². The Labute approximate surface area is 227 Å². The lowest BCUT2D eigenvalue weighted by Crippen LogP contribution is -2.49. The van der Waals surface area contributed by atoms with Crippen LogP contribution in [0.15, 0.2) is 55.1 Å². The van der Waals surface area contributed by atoms with Gasteiger partial charge in [0.15, 0.2) is 5.82 Å². The van der Waals surface area contributed by atoms with Gasteiger partial charge < -0.3 is 20.7 Å². The molecule has 2 atom stereocenters. The van der Waals surface area contributed by atoms with Crippen LogP contribution in [0.4, 0.5) is 34.9 Å². The minimum Gasteiger partial charge on any atom is -0.496 e. The van der Waals surface area contributed by atoms with E-state index in [0.717, 1.165) is 0 Å². The largest absolute Gasteiger partial charge is 0.496 e. The molecule has 0 aliphatic carbocycles. The number of aromatic nitrogens is 5. The summed E-state index contributed by atoms with van der Waals surface area (Å²) in [6, 6.07) is 7.00. The molecule has 0 amide bonds. The smallest absolute Gasteiger partial charge is 0.333 e. The van der Waals surface area contributed by atoms with Crippen LogP contribution in [0.5, 0.6) is 5.75 Å². The molecule has 1 fully saturated rings. The number of alkyl halides is 3. The molecule has 39 heavy (non-hydrogen) atoms. The van der Waals surface area contributed by atoms with Crippen LogP contribution in [0.1, 0.15) is 13.0 Å². The molecule has 4 heterocycles. The molecule has 1 aromatic carbocycles. The number of nitrogens with two attached hydrogens (primary N) is 1. The summed E-state index contributed by atoms with van der Waals surface area (Å²) in [5, 5.41) is 6.79. The number of pyridine rings is 1. The zero-order valence-electron chi connectivity index (χ0n) is 20.6. The number of anilines is 3. The van der Waals surface area contributed by atoms with E-state index in [4.69, 9.17) is 10.5 Å². The fourth-order valence-corrected chi connectivity index (χ4v) is 4.32. The number of halogens is 5. The third-order valence-corrected chi connectivity index (χ3v) is 6.24. The Hall–Kier alpha value is -3.97. The second-order valence-corrected chi connectivity index (χ2v) is 8.70. The molecular weight excluding hydrogens is 540 g/mol. The molecular formula is C25H25ClF4N8O. The highest BCUT2D eigenvalue weighted by Gasteiger charge is 2.28. The van der Waals surface area contributed by atoms with Crippen LogP contribution in [-0.4, -0.2) is 57.1 Å². The number of methoxy groups -OCH3 is 1. The van der Waals surface area contributed by atoms with Gasteiger partial charge in [-0.05, 0) is 24.6 Å². The first-order valence-electron chi connectivity index (χ1n) is 11.7. The van der Waals surface area contributed by atoms with Crippen LogP contribution in [0.2, 0.25) is 0 Å². The maximum absolute atomic E-state index is 14.6. The lowest BCUT2D eigenvalue weighted by atomic mass is 10.0. The first kappa shape index (κ1) is 28.0. The molecule has 0 unspecified atom stereocenters. The van der Waals surface area contributed by atoms with Crippen molar-refractivity contribution in [3.05, 3.63) is 60.9 Å². The standard InChI is InChI=1S/C25H24F4N8O.ClH/c1-38-20-4-2-3-17(27)23(20)24-31-7-5-21(35-24)34-22-9-19(36-8-6-16(26)18(30)13-36)15(11-32-22)14-10-33-37(12-14)25(28)29;/h2-5,7,9-12,16,18,25H,6,8,13,30H2,1H3,(H,31,32,34,35);1H/t16-,18+;/m0./s1. The lowest BCUT2D eigenvalue weighted by molar-refractivity contribution is 0.0566. The number of piperidine rings is 1. The van der Waals surface area contributed by atoms with E-state index in [-0.39, 0.29) is 42.5 Å². The maximum Gasteiger partial charge on any atom is 0.333 e. The summed E-state index contributed by atoms with van der Waals surface area (Å²) >= 11 is 0. The van der Waals surface area contributed by atoms with E-state index in [1.807, 2.05) is 4.90 Å². The third-order valence-electron chi connectivity index (χ3n) is 6.24. The summed E-state index contributed by atoms with van der Waals surface area (Å²) in [5.41, 5.74) is 7.67. The van der Waals surface area contributed by atoms with Crippen molar-refractivity contribution in [2.24, 2.45) is 5.73 Å². The van der Waals surface area contributed by atoms with E-state index < -0.39 is 24.6 Å². The number of hydrogen-bond donors (Lipinski definition) is 2. The molecule has 3 aromatic heterocycles. The Morgan fingerprint density at radius 2 is 1.97 bits per heavy atom. The van der Waals surface area contributed by atoms with Gasteiger partial charge >= 0.3 is 6.55 Å². The third kappa shape index (κ3) is 5.88. The van der Waals surface area contributed by atoms with Gasteiger partial charge in [0.25, 0.3) is 0 Å². The van der Waals surface area contributed by atoms with Crippen molar-refractivity contribution in [3.63, 3.8) is 0 Å². The maximum atomic E-state index is 14.6. The van der Waals surface area contributed by atoms with Gasteiger partial charge in [-0.15, -0.1) is 12.4 Å². The van der Waals surface area contributed by atoms with Crippen molar-refractivity contribution in [1.82, 2.24) is 24.7 Å². The van der Waals surface area contributed by atoms with E-state index in [1.54, 1.807) is 18.2 Å². The number of hydrogen-bond acceptors (Lipinski definition) is 8. The second kappa shape index (κ2) is 11.8. The first-order chi connectivity index (χ1) is 18.3. The molecule has 0 bridgehead atoms. The van der Waals surface area contributed by atoms with Crippen LogP contribution in [0.3, 0.4) is 0 Å². The molecule has 1 aliphatic heterocycles. The van der Waals surface area contributed by atoms with Gasteiger partial charge in [-0.3, -0.25) is 0 Å². The number of benzene rings is 1. The van der Waals surface area contributed by atoms with Crippen molar-refractivity contribution in [2.75, 3.05) is 30.4 Å². The quantitative estimate of drug-likeness (QED) is 0.303. The summed E-state index contributed by atoms with van der Waals surface area (Å²) in [6.45, 7) is -2.19. The van der Waals surface area contributed by atoms with E-state index in [1.165, 1.54) is 44.0 Å². The van der Waals surface area contributed by atoms with Crippen LogP contribution >= 0.6 is 12.4 Å². The van der Waals surface area contributed by atoms with Gasteiger partial charge in [0.1, 0.15) is 29.4 Å². The highest BCUT2D eigenvalue weighted by molar-refractivity contribution is 5.85. The second-order valence-electron chi connectivity index (χ2n) is 8.70. The molecule has 0 saturated carbocycles. The zero-order chi connectivity index (χ0) is 26.8. The molecule has 1 saturated heterocycles. The molecule has 3 N–H and O–H groups in total. The fraction of sp³-hybridized carbons (Fsp3) is 0.280. The van der Waals surface area contributed by atoms with Crippen molar-refractivity contribution in [2.45, 2.75) is 25.2 Å². The number of rotatable bonds is 7. The molecule has 4 aromatic rings. The first-order valence-corrected chi connectivity index (χ1v) is 11.7. The van der Waals surface area contributed by atoms with Crippen LogP contribution in [0, 0.1) is 5.82 Å². The Balaban J connectivity index is 0.00000353. The summed E-state index contributed by atoms with van der Waals surface area (Å²) in [6.07, 6.45) is 4.61. The molecule has 0 spiro atoms. The van der Waals surface area contributed by atoms with Crippen LogP contribution in [0.25, 0.3) is 22.5 Å². The topological polar surface area (TPSA) is 107 Å². The fourth-order valence-electron chi connectivity index (χ4n) is 4.32. The predicted octanol–water partition coefficient (Wildman–Crippen LogP) is 4.99. The predicted molar refractivity (Wildman–Crippen MR) is 141 cm³/mol. The van der Waals surface area contributed by atoms with E-state index in [0.29, 0.717) is 39.7 Å². The Morgan fingerprint density at radius 1 is 1.15 bits per heavy atom. The van der Waals surface area contributed by atoms with E-state index >= 15 is 0 Å². The summed E-state index contributed by atoms with van der Waals surface area (Å²) in [7, 11) is 1.43. The molecule has 9 nitrogen and oxygen atoms in total. The van der Waals surface area contributed by atoms with Crippen molar-refractivity contribution >= 4 is 29.7 Å². The lowest BCUT2D eigenvalue weighted by Gasteiger charge is -2.35. The minimum absolute atomic E-state index is 0. The summed E-state index contributed by atoms with van der Waals surface area (Å²) in [4.78, 5) is 14.9. The van der Waals surface area contributed by atoms with Gasteiger partial charge in [-0.1, -0.05) is 6.07 Å². The van der Waals surface area contributed by atoms with Gasteiger partial charge in [0, 0.05) is 54.6 Å². The molecule has 206 valence electrons. The molecule has 14 heteroatoms. The SMILES string of the molecule is COc1cccc(F)c1-c1nccc(Nc2cc(N3CC[C@H](F)[C@H](N)C3)c(-c3cnn(C(F)F)c3)cn2)n1.Cl. The molecule has 0 radical (unpaired) electrons. The number of nitrogens with one attached hydrogen (secondary N) is 1. The average molecular weight is 565 g/mol. The summed E-state index contributed by atoms with van der Waals surface area (Å²) < 4.78 is 60.7. The number of ether oxygens (including phenoxy) is 1. The van der Waals surface area contributed by atoms with Gasteiger partial charge in [0.05, 0.1) is 24.9 Å². The highest BCUT2D eigenvalue weighted by Crippen LogP contribution is 2.35. The van der Waals surface area contributed by atoms with E-state index in [9.17, 15) is 17.6 Å². The van der Waals surface area contributed by atoms with E-state index in [2.05, 4.69) is 25.4 Å². The molecule has 5 rings (SSSR count). The van der Waals surface area contributed by atoms with Crippen molar-refractivity contribution in [3.8, 4) is 28.3 Å². The Bertz CT molecular complexity index is 1440. The minimum atomic E-state index is -2.79. The van der Waals surface area contributed by atoms with Gasteiger partial charge in [-0.2, -0.15) is 13.9 Å². The zero-order valence-corrected chi connectivity index (χ0v) is 21.5. The normalized spacial score (nSPS) is 17.2. The number of nitrogens with zero attached hydrogens (tertiary/aromatic N) is 6. The van der Waals surface area contributed by atoms with Crippen LogP contribution in [-0.2, 0) is 0 Å². The molecule has 1 aliphatic rings. The van der Waals surface area contributed by atoms with Crippen molar-refractivity contribution in [1.29, 1.82) is 0 Å². The van der Waals surface area contributed by atoms with Gasteiger partial charge in [0.2, 0.25) is 0 Å². The average Bonchev–Trinajstić information content (AvgIpc) is 3.41.